The Hall–Kier alpha value is -3.62. The van der Waals surface area contributed by atoms with Crippen molar-refractivity contribution in [1.82, 2.24) is 20.2 Å². The van der Waals surface area contributed by atoms with Crippen molar-refractivity contribution in [2.24, 2.45) is 0 Å². The minimum atomic E-state index is -1.23. The van der Waals surface area contributed by atoms with E-state index in [4.69, 9.17) is 0 Å². The third-order valence-corrected chi connectivity index (χ3v) is 5.89. The van der Waals surface area contributed by atoms with Crippen molar-refractivity contribution in [3.63, 3.8) is 0 Å². The molecule has 1 atom stereocenters. The monoisotopic (exact) mass is 454 g/mol. The smallest absolute Gasteiger partial charge is 0.261 e. The molecule has 0 fully saturated rings. The number of likely N-dealkylation sites (N-methyl/N-ethyl adjacent to an activating group) is 1. The number of carbonyl (C=O) groups excluding carboxylic acids is 2. The largest absolute Gasteiger partial charge is 0.357 e. The van der Waals surface area contributed by atoms with E-state index in [0.29, 0.717) is 29.7 Å². The van der Waals surface area contributed by atoms with Gasteiger partial charge in [0, 0.05) is 25.6 Å². The predicted molar refractivity (Wildman–Crippen MR) is 119 cm³/mol. The van der Waals surface area contributed by atoms with Gasteiger partial charge in [-0.05, 0) is 48.7 Å². The fraction of sp³-hybridized carbons (Fsp3) is 0.333. The molecule has 3 aromatic rings. The van der Waals surface area contributed by atoms with Crippen LogP contribution in [-0.2, 0) is 17.8 Å². The number of halogens is 2. The summed E-state index contributed by atoms with van der Waals surface area (Å²) in [7, 11) is 1.38. The van der Waals surface area contributed by atoms with Gasteiger partial charge in [-0.1, -0.05) is 18.9 Å². The van der Waals surface area contributed by atoms with Crippen molar-refractivity contribution < 1.29 is 18.4 Å². The first-order chi connectivity index (χ1) is 15.9. The lowest BCUT2D eigenvalue weighted by atomic mass is 10.0. The SMILES string of the molecule is CNC(=O)C(NC(=O)c1ccc2c(=O)n3c(nc2c1)CCCCCC3)c1ccc(F)c(F)c1. The third-order valence-electron chi connectivity index (χ3n) is 5.89. The number of benzene rings is 2. The summed E-state index contributed by atoms with van der Waals surface area (Å²) in [4.78, 5) is 42.9. The normalized spacial score (nSPS) is 14.6. The molecule has 7 nitrogen and oxygen atoms in total. The lowest BCUT2D eigenvalue weighted by Crippen LogP contribution is -2.39. The van der Waals surface area contributed by atoms with E-state index >= 15 is 0 Å². The Bertz CT molecular complexity index is 1290. The molecule has 1 aliphatic rings. The number of fused-ring (bicyclic) bond motifs is 2. The first-order valence-electron chi connectivity index (χ1n) is 10.9. The quantitative estimate of drug-likeness (QED) is 0.634. The van der Waals surface area contributed by atoms with E-state index in [2.05, 4.69) is 15.6 Å². The highest BCUT2D eigenvalue weighted by atomic mass is 19.2. The standard InChI is InChI=1S/C24H24F2N4O3/c1-27-23(32)21(14-8-10-17(25)18(26)12-14)29-22(31)15-7-9-16-19(13-15)28-20-6-4-2-3-5-11-30(20)24(16)33/h7-10,12-13,21H,2-6,11H2,1H3,(H,27,32)(H,29,31). The maximum absolute atomic E-state index is 13.7. The highest BCUT2D eigenvalue weighted by Crippen LogP contribution is 2.20. The second kappa shape index (κ2) is 9.48. The van der Waals surface area contributed by atoms with Crippen molar-refractivity contribution >= 4 is 22.7 Å². The van der Waals surface area contributed by atoms with Gasteiger partial charge in [0.05, 0.1) is 10.9 Å². The minimum Gasteiger partial charge on any atom is -0.357 e. The zero-order valence-corrected chi connectivity index (χ0v) is 18.2. The summed E-state index contributed by atoms with van der Waals surface area (Å²) in [5.74, 6) is -2.67. The van der Waals surface area contributed by atoms with Crippen LogP contribution < -0.4 is 16.2 Å². The van der Waals surface area contributed by atoms with E-state index in [-0.39, 0.29) is 16.7 Å². The van der Waals surface area contributed by atoms with Crippen LogP contribution >= 0.6 is 0 Å². The first kappa shape index (κ1) is 22.6. The molecular formula is C24H24F2N4O3. The number of nitrogens with one attached hydrogen (secondary N) is 2. The van der Waals surface area contributed by atoms with Crippen LogP contribution in [0, 0.1) is 11.6 Å². The number of hydrogen-bond acceptors (Lipinski definition) is 4. The summed E-state index contributed by atoms with van der Waals surface area (Å²) < 4.78 is 28.8. The molecule has 2 aromatic carbocycles. The predicted octanol–water partition coefficient (Wildman–Crippen LogP) is 3.01. The molecule has 2 amide bonds. The Morgan fingerprint density at radius 2 is 1.82 bits per heavy atom. The van der Waals surface area contributed by atoms with Crippen LogP contribution in [0.3, 0.4) is 0 Å². The van der Waals surface area contributed by atoms with Gasteiger partial charge in [-0.3, -0.25) is 19.0 Å². The molecule has 1 unspecified atom stereocenters. The highest BCUT2D eigenvalue weighted by Gasteiger charge is 2.24. The van der Waals surface area contributed by atoms with Crippen molar-refractivity contribution in [3.8, 4) is 0 Å². The van der Waals surface area contributed by atoms with Crippen LogP contribution in [0.4, 0.5) is 8.78 Å². The molecule has 0 aliphatic carbocycles. The lowest BCUT2D eigenvalue weighted by molar-refractivity contribution is -0.122. The summed E-state index contributed by atoms with van der Waals surface area (Å²) >= 11 is 0. The highest BCUT2D eigenvalue weighted by molar-refractivity contribution is 6.00. The molecule has 1 aromatic heterocycles. The maximum atomic E-state index is 13.7. The molecule has 9 heteroatoms. The molecule has 0 spiro atoms. The first-order valence-corrected chi connectivity index (χ1v) is 10.9. The fourth-order valence-electron chi connectivity index (χ4n) is 4.09. The number of aromatic nitrogens is 2. The van der Waals surface area contributed by atoms with Crippen LogP contribution in [0.1, 0.15) is 53.5 Å². The summed E-state index contributed by atoms with van der Waals surface area (Å²) in [5, 5.41) is 5.38. The molecule has 172 valence electrons. The number of rotatable bonds is 4. The van der Waals surface area contributed by atoms with Gasteiger partial charge < -0.3 is 10.6 Å². The van der Waals surface area contributed by atoms with E-state index in [1.54, 1.807) is 10.6 Å². The Labute approximate surface area is 188 Å². The Morgan fingerprint density at radius 3 is 2.58 bits per heavy atom. The molecule has 0 saturated carbocycles. The number of aryl methyl sites for hydroxylation is 1. The number of amides is 2. The topological polar surface area (TPSA) is 93.1 Å². The van der Waals surface area contributed by atoms with Gasteiger partial charge in [0.25, 0.3) is 11.5 Å². The molecule has 2 N–H and O–H groups in total. The molecule has 0 saturated heterocycles. The summed E-state index contributed by atoms with van der Waals surface area (Å²) in [5.41, 5.74) is 0.569. The van der Waals surface area contributed by atoms with Gasteiger partial charge in [-0.25, -0.2) is 13.8 Å². The van der Waals surface area contributed by atoms with Crippen LogP contribution in [0.15, 0.2) is 41.2 Å². The van der Waals surface area contributed by atoms with Gasteiger partial charge in [0.15, 0.2) is 11.6 Å². The average Bonchev–Trinajstić information content (AvgIpc) is 2.79. The van der Waals surface area contributed by atoms with Gasteiger partial charge in [-0.15, -0.1) is 0 Å². The fourth-order valence-corrected chi connectivity index (χ4v) is 4.09. The van der Waals surface area contributed by atoms with Crippen molar-refractivity contribution in [2.45, 2.75) is 44.7 Å². The van der Waals surface area contributed by atoms with Crippen LogP contribution in [-0.4, -0.2) is 28.4 Å². The average molecular weight is 454 g/mol. The zero-order valence-electron chi connectivity index (χ0n) is 18.2. The molecule has 2 heterocycles. The van der Waals surface area contributed by atoms with E-state index in [9.17, 15) is 23.2 Å². The molecule has 0 radical (unpaired) electrons. The van der Waals surface area contributed by atoms with Crippen LogP contribution in [0.25, 0.3) is 10.9 Å². The second-order valence-electron chi connectivity index (χ2n) is 8.08. The van der Waals surface area contributed by atoms with Crippen molar-refractivity contribution in [1.29, 1.82) is 0 Å². The summed E-state index contributed by atoms with van der Waals surface area (Å²) in [6.07, 6.45) is 4.72. The number of carbonyl (C=O) groups is 2. The Kier molecular flexibility index (Phi) is 6.48. The van der Waals surface area contributed by atoms with Gasteiger partial charge >= 0.3 is 0 Å². The van der Waals surface area contributed by atoms with E-state index < -0.39 is 29.5 Å². The van der Waals surface area contributed by atoms with Gasteiger partial charge in [0.1, 0.15) is 11.9 Å². The number of nitrogens with zero attached hydrogens (tertiary/aromatic N) is 2. The van der Waals surface area contributed by atoms with Crippen LogP contribution in [0.5, 0.6) is 0 Å². The van der Waals surface area contributed by atoms with Gasteiger partial charge in [0.2, 0.25) is 5.91 Å². The minimum absolute atomic E-state index is 0.0974. The third kappa shape index (κ3) is 4.62. The van der Waals surface area contributed by atoms with Crippen molar-refractivity contribution in [3.05, 3.63) is 75.3 Å². The Balaban J connectivity index is 1.67. The lowest BCUT2D eigenvalue weighted by Gasteiger charge is -2.19. The molecular weight excluding hydrogens is 430 g/mol. The summed E-state index contributed by atoms with van der Waals surface area (Å²) in [6.45, 7) is 0.626. The van der Waals surface area contributed by atoms with Crippen LogP contribution in [0.2, 0.25) is 0 Å². The second-order valence-corrected chi connectivity index (χ2v) is 8.08. The Morgan fingerprint density at radius 1 is 1.03 bits per heavy atom. The summed E-state index contributed by atoms with van der Waals surface area (Å²) in [6, 6.07) is 6.32. The molecule has 1 aliphatic heterocycles. The molecule has 33 heavy (non-hydrogen) atoms. The number of hydrogen-bond donors (Lipinski definition) is 2. The van der Waals surface area contributed by atoms with Crippen molar-refractivity contribution in [2.75, 3.05) is 7.05 Å². The van der Waals surface area contributed by atoms with Gasteiger partial charge in [-0.2, -0.15) is 0 Å². The zero-order chi connectivity index (χ0) is 23.5. The molecule has 0 bridgehead atoms. The maximum Gasteiger partial charge on any atom is 0.261 e. The molecule has 4 rings (SSSR count). The van der Waals surface area contributed by atoms with E-state index in [0.717, 1.165) is 37.8 Å². The van der Waals surface area contributed by atoms with E-state index in [1.165, 1.54) is 25.2 Å². The van der Waals surface area contributed by atoms with E-state index in [1.807, 2.05) is 0 Å².